The van der Waals surface area contributed by atoms with Gasteiger partial charge in [-0.1, -0.05) is 45.0 Å². The second-order valence-corrected chi connectivity index (χ2v) is 7.53. The van der Waals surface area contributed by atoms with Crippen LogP contribution in [-0.4, -0.2) is 16.8 Å². The normalized spacial score (nSPS) is 11.0. The van der Waals surface area contributed by atoms with Gasteiger partial charge in [0.2, 0.25) is 0 Å². The Balaban J connectivity index is 1.69. The highest BCUT2D eigenvalue weighted by Gasteiger charge is 2.14. The average molecular weight is 373 g/mol. The third-order valence-corrected chi connectivity index (χ3v) is 4.29. The summed E-state index contributed by atoms with van der Waals surface area (Å²) in [6.45, 7) is 6.40. The molecule has 0 aliphatic rings. The summed E-state index contributed by atoms with van der Waals surface area (Å²) in [4.78, 5) is 28.8. The van der Waals surface area contributed by atoms with Gasteiger partial charge in [0.05, 0.1) is 0 Å². The standard InChI is InChI=1S/C23H23N3O2/c1-23(2,3)17-12-10-16(11-13-17)21(27)25-18-7-6-8-19(15-18)26-22(28)20-9-4-5-14-24-20/h4-15H,1-3H3,(H,25,27)(H,26,28). The van der Waals surface area contributed by atoms with Crippen LogP contribution in [-0.2, 0) is 5.41 Å². The zero-order chi connectivity index (χ0) is 20.1. The van der Waals surface area contributed by atoms with E-state index >= 15 is 0 Å². The summed E-state index contributed by atoms with van der Waals surface area (Å²) in [5, 5.41) is 5.65. The largest absolute Gasteiger partial charge is 0.322 e. The van der Waals surface area contributed by atoms with Crippen LogP contribution >= 0.6 is 0 Å². The molecule has 2 N–H and O–H groups in total. The molecule has 0 aliphatic heterocycles. The van der Waals surface area contributed by atoms with Crippen molar-refractivity contribution in [3.05, 3.63) is 89.7 Å². The van der Waals surface area contributed by atoms with Gasteiger partial charge < -0.3 is 10.6 Å². The number of carbonyl (C=O) groups is 2. The van der Waals surface area contributed by atoms with Crippen molar-refractivity contribution in [1.82, 2.24) is 4.98 Å². The second-order valence-electron chi connectivity index (χ2n) is 7.53. The van der Waals surface area contributed by atoms with Crippen molar-refractivity contribution in [2.75, 3.05) is 10.6 Å². The van der Waals surface area contributed by atoms with Crippen molar-refractivity contribution in [1.29, 1.82) is 0 Å². The minimum atomic E-state index is -0.304. The van der Waals surface area contributed by atoms with Crippen molar-refractivity contribution in [2.45, 2.75) is 26.2 Å². The van der Waals surface area contributed by atoms with E-state index in [1.54, 1.807) is 48.7 Å². The first-order chi connectivity index (χ1) is 13.3. The monoisotopic (exact) mass is 373 g/mol. The van der Waals surface area contributed by atoms with Crippen LogP contribution in [0.2, 0.25) is 0 Å². The lowest BCUT2D eigenvalue weighted by Gasteiger charge is -2.19. The van der Waals surface area contributed by atoms with Crippen LogP contribution in [0.1, 0.15) is 47.2 Å². The molecule has 0 saturated heterocycles. The lowest BCUT2D eigenvalue weighted by atomic mass is 9.87. The van der Waals surface area contributed by atoms with E-state index < -0.39 is 0 Å². The predicted octanol–water partition coefficient (Wildman–Crippen LogP) is 4.88. The minimum absolute atomic E-state index is 0.0369. The quantitative estimate of drug-likeness (QED) is 0.684. The molecule has 142 valence electrons. The number of carbonyl (C=O) groups excluding carboxylic acids is 2. The van der Waals surface area contributed by atoms with Crippen molar-refractivity contribution in [2.24, 2.45) is 0 Å². The van der Waals surface area contributed by atoms with Crippen molar-refractivity contribution in [3.63, 3.8) is 0 Å². The fraction of sp³-hybridized carbons (Fsp3) is 0.174. The molecule has 5 heteroatoms. The number of nitrogens with zero attached hydrogens (tertiary/aromatic N) is 1. The number of anilines is 2. The number of aromatic nitrogens is 1. The van der Waals surface area contributed by atoms with Gasteiger partial charge in [-0.25, -0.2) is 0 Å². The molecule has 0 saturated carbocycles. The Morgan fingerprint density at radius 3 is 2.00 bits per heavy atom. The molecule has 2 aromatic carbocycles. The fourth-order valence-electron chi connectivity index (χ4n) is 2.69. The molecule has 0 fully saturated rings. The number of rotatable bonds is 4. The number of pyridine rings is 1. The lowest BCUT2D eigenvalue weighted by Crippen LogP contribution is -2.15. The van der Waals surface area contributed by atoms with Crippen LogP contribution in [0.3, 0.4) is 0 Å². The Bertz CT molecular complexity index is 975. The molecule has 5 nitrogen and oxygen atoms in total. The van der Waals surface area contributed by atoms with Gasteiger partial charge in [0.1, 0.15) is 5.69 Å². The van der Waals surface area contributed by atoms with Crippen LogP contribution in [0.4, 0.5) is 11.4 Å². The average Bonchev–Trinajstić information content (AvgIpc) is 2.68. The van der Waals surface area contributed by atoms with Crippen LogP contribution in [0.15, 0.2) is 72.9 Å². The van der Waals surface area contributed by atoms with E-state index in [-0.39, 0.29) is 17.2 Å². The zero-order valence-corrected chi connectivity index (χ0v) is 16.2. The molecule has 0 unspecified atom stereocenters. The summed E-state index contributed by atoms with van der Waals surface area (Å²) in [7, 11) is 0. The van der Waals surface area contributed by atoms with Gasteiger partial charge in [0.15, 0.2) is 0 Å². The van der Waals surface area contributed by atoms with Gasteiger partial charge in [0.25, 0.3) is 11.8 Å². The highest BCUT2D eigenvalue weighted by atomic mass is 16.2. The maximum atomic E-state index is 12.5. The minimum Gasteiger partial charge on any atom is -0.322 e. The molecule has 3 rings (SSSR count). The van der Waals surface area contributed by atoms with Crippen LogP contribution in [0, 0.1) is 0 Å². The number of nitrogens with one attached hydrogen (secondary N) is 2. The molecular formula is C23H23N3O2. The Labute approximate surface area is 164 Å². The smallest absolute Gasteiger partial charge is 0.274 e. The Morgan fingerprint density at radius 2 is 1.43 bits per heavy atom. The number of hydrogen-bond donors (Lipinski definition) is 2. The summed E-state index contributed by atoms with van der Waals surface area (Å²) in [5.41, 5.74) is 3.30. The molecule has 0 radical (unpaired) electrons. The van der Waals surface area contributed by atoms with Crippen molar-refractivity contribution >= 4 is 23.2 Å². The number of hydrogen-bond acceptors (Lipinski definition) is 3. The maximum absolute atomic E-state index is 12.5. The van der Waals surface area contributed by atoms with E-state index in [2.05, 4.69) is 36.4 Å². The molecule has 3 aromatic rings. The first kappa shape index (κ1) is 19.3. The van der Waals surface area contributed by atoms with Crippen LogP contribution < -0.4 is 10.6 Å². The molecule has 1 aromatic heterocycles. The van der Waals surface area contributed by atoms with Crippen molar-refractivity contribution in [3.8, 4) is 0 Å². The first-order valence-corrected chi connectivity index (χ1v) is 9.07. The predicted molar refractivity (Wildman–Crippen MR) is 112 cm³/mol. The highest BCUT2D eigenvalue weighted by Crippen LogP contribution is 2.23. The molecule has 28 heavy (non-hydrogen) atoms. The molecule has 1 heterocycles. The number of benzene rings is 2. The van der Waals surface area contributed by atoms with E-state index in [4.69, 9.17) is 0 Å². The van der Waals surface area contributed by atoms with Crippen molar-refractivity contribution < 1.29 is 9.59 Å². The van der Waals surface area contributed by atoms with Gasteiger partial charge >= 0.3 is 0 Å². The lowest BCUT2D eigenvalue weighted by molar-refractivity contribution is 0.101. The molecule has 0 aliphatic carbocycles. The van der Waals surface area contributed by atoms with Gasteiger partial charge in [-0.3, -0.25) is 14.6 Å². The highest BCUT2D eigenvalue weighted by molar-refractivity contribution is 6.05. The third-order valence-electron chi connectivity index (χ3n) is 4.29. The summed E-state index contributed by atoms with van der Waals surface area (Å²) < 4.78 is 0. The first-order valence-electron chi connectivity index (χ1n) is 9.07. The summed E-state index contributed by atoms with van der Waals surface area (Å²) in [5.74, 6) is -0.504. The molecule has 0 bridgehead atoms. The second kappa shape index (κ2) is 8.05. The van der Waals surface area contributed by atoms with Gasteiger partial charge in [0, 0.05) is 23.1 Å². The van der Waals surface area contributed by atoms with E-state index in [1.165, 1.54) is 5.56 Å². The van der Waals surface area contributed by atoms with Crippen LogP contribution in [0.5, 0.6) is 0 Å². The van der Waals surface area contributed by atoms with E-state index in [0.717, 1.165) is 0 Å². The summed E-state index contributed by atoms with van der Waals surface area (Å²) in [6.07, 6.45) is 1.57. The van der Waals surface area contributed by atoms with Crippen LogP contribution in [0.25, 0.3) is 0 Å². The van der Waals surface area contributed by atoms with Gasteiger partial charge in [-0.15, -0.1) is 0 Å². The van der Waals surface area contributed by atoms with Gasteiger partial charge in [-0.2, -0.15) is 0 Å². The summed E-state index contributed by atoms with van der Waals surface area (Å²) >= 11 is 0. The summed E-state index contributed by atoms with van der Waals surface area (Å²) in [6, 6.07) is 19.7. The Kier molecular flexibility index (Phi) is 5.54. The molecule has 2 amide bonds. The third kappa shape index (κ3) is 4.82. The van der Waals surface area contributed by atoms with E-state index in [1.807, 2.05) is 24.3 Å². The fourth-order valence-corrected chi connectivity index (χ4v) is 2.69. The SMILES string of the molecule is CC(C)(C)c1ccc(C(=O)Nc2cccc(NC(=O)c3ccccn3)c2)cc1. The van der Waals surface area contributed by atoms with E-state index in [0.29, 0.717) is 22.6 Å². The molecule has 0 spiro atoms. The van der Waals surface area contributed by atoms with Gasteiger partial charge in [-0.05, 0) is 53.4 Å². The zero-order valence-electron chi connectivity index (χ0n) is 16.2. The Hall–Kier alpha value is -3.47. The number of amides is 2. The molecule has 0 atom stereocenters. The maximum Gasteiger partial charge on any atom is 0.274 e. The van der Waals surface area contributed by atoms with E-state index in [9.17, 15) is 9.59 Å². The molecular weight excluding hydrogens is 350 g/mol. The topological polar surface area (TPSA) is 71.1 Å². The Morgan fingerprint density at radius 1 is 0.786 bits per heavy atom.